The molecule has 0 fully saturated rings. The van der Waals surface area contributed by atoms with Crippen LogP contribution in [0.4, 0.5) is 0 Å². The smallest absolute Gasteiger partial charge is 0.181 e. The Labute approximate surface area is 79.0 Å². The van der Waals surface area contributed by atoms with Crippen molar-refractivity contribution in [2.24, 2.45) is 0 Å². The number of hydrogen-bond donors (Lipinski definition) is 0. The largest absolute Gasteiger partial charge is 0.292 e. The predicted molar refractivity (Wildman–Crippen MR) is 52.8 cm³/mol. The Morgan fingerprint density at radius 1 is 1.46 bits per heavy atom. The molecule has 0 bridgehead atoms. The van der Waals surface area contributed by atoms with E-state index in [2.05, 4.69) is 11.9 Å². The molecule has 0 N–H and O–H groups in total. The number of carbonyl (C=O) groups is 1. The van der Waals surface area contributed by atoms with Gasteiger partial charge in [-0.05, 0) is 25.5 Å². The molecule has 0 amide bonds. The Kier molecular flexibility index (Phi) is 3.62. The number of hydrogen-bond acceptors (Lipinski definition) is 2. The van der Waals surface area contributed by atoms with Gasteiger partial charge in [0.15, 0.2) is 5.78 Å². The van der Waals surface area contributed by atoms with Gasteiger partial charge in [0, 0.05) is 12.1 Å². The second-order valence-electron chi connectivity index (χ2n) is 3.19. The highest BCUT2D eigenvalue weighted by Gasteiger charge is 2.05. The fourth-order valence-electron chi connectivity index (χ4n) is 1.16. The van der Waals surface area contributed by atoms with E-state index < -0.39 is 0 Å². The fourth-order valence-corrected chi connectivity index (χ4v) is 1.16. The lowest BCUT2D eigenvalue weighted by Crippen LogP contribution is -2.02. The topological polar surface area (TPSA) is 30.0 Å². The van der Waals surface area contributed by atoms with Crippen LogP contribution in [0.25, 0.3) is 0 Å². The van der Waals surface area contributed by atoms with Gasteiger partial charge in [-0.1, -0.05) is 19.4 Å². The molecular weight excluding hydrogens is 162 g/mol. The van der Waals surface area contributed by atoms with Crippen LogP contribution in [0.3, 0.4) is 0 Å². The van der Waals surface area contributed by atoms with Gasteiger partial charge in [0.25, 0.3) is 0 Å². The zero-order valence-corrected chi connectivity index (χ0v) is 8.21. The third-order valence-corrected chi connectivity index (χ3v) is 1.93. The standard InChI is InChI=1S/C11H15NO/c1-3-4-8-11(13)10-7-5-6-9(2)12-10/h5-7H,3-4,8H2,1-2H3. The third kappa shape index (κ3) is 2.98. The van der Waals surface area contributed by atoms with Gasteiger partial charge in [0.1, 0.15) is 5.69 Å². The summed E-state index contributed by atoms with van der Waals surface area (Å²) in [5.41, 5.74) is 1.51. The minimum absolute atomic E-state index is 0.158. The number of nitrogens with zero attached hydrogens (tertiary/aromatic N) is 1. The highest BCUT2D eigenvalue weighted by Crippen LogP contribution is 2.05. The van der Waals surface area contributed by atoms with E-state index in [1.54, 1.807) is 6.07 Å². The number of aryl methyl sites for hydroxylation is 1. The lowest BCUT2D eigenvalue weighted by molar-refractivity contribution is 0.0975. The van der Waals surface area contributed by atoms with E-state index >= 15 is 0 Å². The number of unbranched alkanes of at least 4 members (excludes halogenated alkanes) is 1. The van der Waals surface area contributed by atoms with E-state index in [0.717, 1.165) is 18.5 Å². The molecule has 2 nitrogen and oxygen atoms in total. The Morgan fingerprint density at radius 3 is 2.85 bits per heavy atom. The number of pyridine rings is 1. The highest BCUT2D eigenvalue weighted by atomic mass is 16.1. The summed E-state index contributed by atoms with van der Waals surface area (Å²) < 4.78 is 0. The van der Waals surface area contributed by atoms with E-state index in [0.29, 0.717) is 12.1 Å². The van der Waals surface area contributed by atoms with Crippen molar-refractivity contribution >= 4 is 5.78 Å². The van der Waals surface area contributed by atoms with Crippen LogP contribution in [-0.4, -0.2) is 10.8 Å². The molecular formula is C11H15NO. The van der Waals surface area contributed by atoms with Gasteiger partial charge in [0.05, 0.1) is 0 Å². The first-order valence-electron chi connectivity index (χ1n) is 4.71. The van der Waals surface area contributed by atoms with Crippen LogP contribution in [0.5, 0.6) is 0 Å². The van der Waals surface area contributed by atoms with E-state index in [-0.39, 0.29) is 5.78 Å². The summed E-state index contributed by atoms with van der Waals surface area (Å²) in [5, 5.41) is 0. The van der Waals surface area contributed by atoms with Crippen LogP contribution in [0.1, 0.15) is 42.4 Å². The molecule has 1 aromatic heterocycles. The maximum atomic E-state index is 11.5. The lowest BCUT2D eigenvalue weighted by atomic mass is 10.1. The van der Waals surface area contributed by atoms with E-state index in [4.69, 9.17) is 0 Å². The molecule has 1 aromatic rings. The normalized spacial score (nSPS) is 10.0. The predicted octanol–water partition coefficient (Wildman–Crippen LogP) is 2.76. The number of Topliss-reactive ketones (excluding diaryl/α,β-unsaturated/α-hetero) is 1. The molecule has 0 aromatic carbocycles. The van der Waals surface area contributed by atoms with Crippen LogP contribution in [0, 0.1) is 6.92 Å². The molecule has 1 heterocycles. The second-order valence-corrected chi connectivity index (χ2v) is 3.19. The minimum Gasteiger partial charge on any atom is -0.292 e. The monoisotopic (exact) mass is 177 g/mol. The summed E-state index contributed by atoms with van der Waals surface area (Å²) in [4.78, 5) is 15.7. The fraction of sp³-hybridized carbons (Fsp3) is 0.455. The molecule has 0 atom stereocenters. The maximum Gasteiger partial charge on any atom is 0.181 e. The van der Waals surface area contributed by atoms with Gasteiger partial charge in [-0.2, -0.15) is 0 Å². The van der Waals surface area contributed by atoms with Crippen LogP contribution < -0.4 is 0 Å². The van der Waals surface area contributed by atoms with Crippen molar-refractivity contribution in [3.63, 3.8) is 0 Å². The number of carbonyl (C=O) groups excluding carboxylic acids is 1. The van der Waals surface area contributed by atoms with Gasteiger partial charge in [-0.15, -0.1) is 0 Å². The van der Waals surface area contributed by atoms with Crippen LogP contribution in [-0.2, 0) is 0 Å². The van der Waals surface area contributed by atoms with Gasteiger partial charge in [0.2, 0.25) is 0 Å². The summed E-state index contributed by atoms with van der Waals surface area (Å²) in [7, 11) is 0. The van der Waals surface area contributed by atoms with Gasteiger partial charge >= 0.3 is 0 Å². The average Bonchev–Trinajstić information content (AvgIpc) is 2.14. The average molecular weight is 177 g/mol. The molecule has 70 valence electrons. The Bertz CT molecular complexity index is 294. The molecule has 2 heteroatoms. The summed E-state index contributed by atoms with van der Waals surface area (Å²) in [5.74, 6) is 0.158. The van der Waals surface area contributed by atoms with Crippen LogP contribution in [0.2, 0.25) is 0 Å². The van der Waals surface area contributed by atoms with Crippen molar-refractivity contribution < 1.29 is 4.79 Å². The number of rotatable bonds is 4. The van der Waals surface area contributed by atoms with Crippen molar-refractivity contribution in [1.82, 2.24) is 4.98 Å². The quantitative estimate of drug-likeness (QED) is 0.662. The summed E-state index contributed by atoms with van der Waals surface area (Å²) >= 11 is 0. The molecule has 0 saturated carbocycles. The Balaban J connectivity index is 2.66. The molecule has 0 aliphatic heterocycles. The minimum atomic E-state index is 0.158. The molecule has 0 aliphatic carbocycles. The van der Waals surface area contributed by atoms with Crippen molar-refractivity contribution in [2.45, 2.75) is 33.1 Å². The third-order valence-electron chi connectivity index (χ3n) is 1.93. The molecule has 0 saturated heterocycles. The van der Waals surface area contributed by atoms with E-state index in [1.165, 1.54) is 0 Å². The molecule has 0 aliphatic rings. The second kappa shape index (κ2) is 4.75. The van der Waals surface area contributed by atoms with Gasteiger partial charge in [-0.25, -0.2) is 0 Å². The summed E-state index contributed by atoms with van der Waals surface area (Å²) in [6, 6.07) is 5.56. The number of aromatic nitrogens is 1. The van der Waals surface area contributed by atoms with Crippen molar-refractivity contribution in [1.29, 1.82) is 0 Å². The maximum absolute atomic E-state index is 11.5. The van der Waals surface area contributed by atoms with Crippen molar-refractivity contribution in [2.75, 3.05) is 0 Å². The molecule has 0 radical (unpaired) electrons. The molecule has 1 rings (SSSR count). The first-order valence-corrected chi connectivity index (χ1v) is 4.71. The zero-order valence-electron chi connectivity index (χ0n) is 8.21. The first-order chi connectivity index (χ1) is 6.24. The highest BCUT2D eigenvalue weighted by molar-refractivity contribution is 5.94. The van der Waals surface area contributed by atoms with E-state index in [9.17, 15) is 4.79 Å². The lowest BCUT2D eigenvalue weighted by Gasteiger charge is -1.99. The molecule has 0 unspecified atom stereocenters. The van der Waals surface area contributed by atoms with Crippen LogP contribution >= 0.6 is 0 Å². The molecule has 0 spiro atoms. The number of ketones is 1. The zero-order chi connectivity index (χ0) is 9.68. The first kappa shape index (κ1) is 9.90. The van der Waals surface area contributed by atoms with Crippen LogP contribution in [0.15, 0.2) is 18.2 Å². The van der Waals surface area contributed by atoms with E-state index in [1.807, 2.05) is 19.1 Å². The van der Waals surface area contributed by atoms with Crippen molar-refractivity contribution in [3.05, 3.63) is 29.6 Å². The van der Waals surface area contributed by atoms with Crippen molar-refractivity contribution in [3.8, 4) is 0 Å². The Hall–Kier alpha value is -1.18. The van der Waals surface area contributed by atoms with Gasteiger partial charge < -0.3 is 0 Å². The summed E-state index contributed by atoms with van der Waals surface area (Å²) in [6.07, 6.45) is 2.62. The summed E-state index contributed by atoms with van der Waals surface area (Å²) in [6.45, 7) is 3.98. The van der Waals surface area contributed by atoms with Gasteiger partial charge in [-0.3, -0.25) is 9.78 Å². The molecule has 13 heavy (non-hydrogen) atoms. The SMILES string of the molecule is CCCCC(=O)c1cccc(C)n1. The Morgan fingerprint density at radius 2 is 2.23 bits per heavy atom.